The molecule has 0 radical (unpaired) electrons. The fourth-order valence-corrected chi connectivity index (χ4v) is 3.12. The first kappa shape index (κ1) is 17.5. The molecular formula is C21H26N2O2. The van der Waals surface area contributed by atoms with Crippen molar-refractivity contribution in [1.82, 2.24) is 10.2 Å². The summed E-state index contributed by atoms with van der Waals surface area (Å²) in [6.07, 6.45) is 2.63. The molecule has 25 heavy (non-hydrogen) atoms. The van der Waals surface area contributed by atoms with Crippen LogP contribution in [-0.2, 0) is 13.1 Å². The highest BCUT2D eigenvalue weighted by Crippen LogP contribution is 2.14. The van der Waals surface area contributed by atoms with Crippen LogP contribution in [0, 0.1) is 0 Å². The lowest BCUT2D eigenvalue weighted by Crippen LogP contribution is -2.22. The number of benzene rings is 2. The van der Waals surface area contributed by atoms with Crippen LogP contribution < -0.4 is 10.1 Å². The highest BCUT2D eigenvalue weighted by Gasteiger charge is 2.11. The van der Waals surface area contributed by atoms with E-state index in [0.717, 1.165) is 17.9 Å². The van der Waals surface area contributed by atoms with Gasteiger partial charge >= 0.3 is 0 Å². The number of hydrogen-bond donors (Lipinski definition) is 1. The SMILES string of the molecule is CCOc1ccc(C(=O)NCc2ccc(CN3CCCC3)cc2)cc1. The first-order valence-electron chi connectivity index (χ1n) is 9.06. The quantitative estimate of drug-likeness (QED) is 0.838. The Morgan fingerprint density at radius 1 is 1.00 bits per heavy atom. The molecule has 0 saturated carbocycles. The van der Waals surface area contributed by atoms with Gasteiger partial charge in [0.2, 0.25) is 0 Å². The first-order chi connectivity index (χ1) is 12.2. The van der Waals surface area contributed by atoms with Crippen LogP contribution in [0.4, 0.5) is 0 Å². The van der Waals surface area contributed by atoms with Crippen molar-refractivity contribution in [3.05, 3.63) is 65.2 Å². The molecule has 1 aliphatic rings. The second kappa shape index (κ2) is 8.67. The average Bonchev–Trinajstić information content (AvgIpc) is 3.15. The molecule has 1 N–H and O–H groups in total. The van der Waals surface area contributed by atoms with E-state index in [0.29, 0.717) is 18.7 Å². The summed E-state index contributed by atoms with van der Waals surface area (Å²) >= 11 is 0. The van der Waals surface area contributed by atoms with Gasteiger partial charge in [0, 0.05) is 18.7 Å². The maximum Gasteiger partial charge on any atom is 0.251 e. The van der Waals surface area contributed by atoms with Crippen LogP contribution in [0.25, 0.3) is 0 Å². The molecule has 1 saturated heterocycles. The summed E-state index contributed by atoms with van der Waals surface area (Å²) in [5.74, 6) is 0.719. The fraction of sp³-hybridized carbons (Fsp3) is 0.381. The lowest BCUT2D eigenvalue weighted by atomic mass is 10.1. The molecule has 0 atom stereocenters. The molecule has 0 aromatic heterocycles. The van der Waals surface area contributed by atoms with Gasteiger partial charge in [0.05, 0.1) is 6.61 Å². The van der Waals surface area contributed by atoms with Crippen molar-refractivity contribution in [1.29, 1.82) is 0 Å². The Bertz CT molecular complexity index is 674. The summed E-state index contributed by atoms with van der Waals surface area (Å²) in [5, 5.41) is 2.97. The number of nitrogens with one attached hydrogen (secondary N) is 1. The number of rotatable bonds is 7. The van der Waals surface area contributed by atoms with Crippen molar-refractivity contribution in [3.63, 3.8) is 0 Å². The predicted molar refractivity (Wildman–Crippen MR) is 99.7 cm³/mol. The van der Waals surface area contributed by atoms with Gasteiger partial charge in [-0.05, 0) is 68.2 Å². The summed E-state index contributed by atoms with van der Waals surface area (Å²) in [5.41, 5.74) is 3.10. The molecule has 2 aromatic carbocycles. The highest BCUT2D eigenvalue weighted by molar-refractivity contribution is 5.94. The molecule has 3 rings (SSSR count). The van der Waals surface area contributed by atoms with E-state index in [-0.39, 0.29) is 5.91 Å². The molecule has 132 valence electrons. The molecule has 0 spiro atoms. The number of nitrogens with zero attached hydrogens (tertiary/aromatic N) is 1. The Morgan fingerprint density at radius 3 is 2.28 bits per heavy atom. The van der Waals surface area contributed by atoms with Crippen molar-refractivity contribution in [3.8, 4) is 5.75 Å². The number of likely N-dealkylation sites (tertiary alicyclic amines) is 1. The van der Waals surface area contributed by atoms with E-state index in [1.54, 1.807) is 12.1 Å². The Hall–Kier alpha value is -2.33. The first-order valence-corrected chi connectivity index (χ1v) is 9.06. The van der Waals surface area contributed by atoms with Gasteiger partial charge in [-0.3, -0.25) is 9.69 Å². The molecule has 2 aromatic rings. The van der Waals surface area contributed by atoms with Gasteiger partial charge in [0.15, 0.2) is 0 Å². The standard InChI is InChI=1S/C21H26N2O2/c1-2-25-20-11-9-19(10-12-20)21(24)22-15-17-5-7-18(8-6-17)16-23-13-3-4-14-23/h5-12H,2-4,13-16H2,1H3,(H,22,24). The molecule has 1 aliphatic heterocycles. The van der Waals surface area contributed by atoms with E-state index in [4.69, 9.17) is 4.74 Å². The highest BCUT2D eigenvalue weighted by atomic mass is 16.5. The maximum absolute atomic E-state index is 12.2. The largest absolute Gasteiger partial charge is 0.494 e. The second-order valence-corrected chi connectivity index (χ2v) is 6.44. The number of amides is 1. The van der Waals surface area contributed by atoms with Gasteiger partial charge in [0.25, 0.3) is 5.91 Å². The Kier molecular flexibility index (Phi) is 6.07. The summed E-state index contributed by atoms with van der Waals surface area (Å²) in [6.45, 7) is 6.55. The molecule has 0 bridgehead atoms. The molecular weight excluding hydrogens is 312 g/mol. The number of carbonyl (C=O) groups is 1. The molecule has 1 amide bonds. The van der Waals surface area contributed by atoms with Crippen LogP contribution in [0.15, 0.2) is 48.5 Å². The third-order valence-electron chi connectivity index (χ3n) is 4.51. The van der Waals surface area contributed by atoms with Crippen molar-refractivity contribution in [2.45, 2.75) is 32.9 Å². The van der Waals surface area contributed by atoms with E-state index >= 15 is 0 Å². The van der Waals surface area contributed by atoms with Gasteiger partial charge in [0.1, 0.15) is 5.75 Å². The number of carbonyl (C=O) groups excluding carboxylic acids is 1. The van der Waals surface area contributed by atoms with Gasteiger partial charge in [-0.25, -0.2) is 0 Å². The molecule has 4 heteroatoms. The third kappa shape index (κ3) is 5.07. The topological polar surface area (TPSA) is 41.6 Å². The lowest BCUT2D eigenvalue weighted by molar-refractivity contribution is 0.0951. The number of ether oxygens (including phenoxy) is 1. The summed E-state index contributed by atoms with van der Waals surface area (Å²) < 4.78 is 5.39. The Labute approximate surface area is 149 Å². The fourth-order valence-electron chi connectivity index (χ4n) is 3.12. The average molecular weight is 338 g/mol. The maximum atomic E-state index is 12.2. The summed E-state index contributed by atoms with van der Waals surface area (Å²) in [6, 6.07) is 15.8. The summed E-state index contributed by atoms with van der Waals surface area (Å²) in [4.78, 5) is 14.7. The minimum Gasteiger partial charge on any atom is -0.494 e. The van der Waals surface area contributed by atoms with E-state index in [1.165, 1.54) is 31.5 Å². The smallest absolute Gasteiger partial charge is 0.251 e. The van der Waals surface area contributed by atoms with Crippen molar-refractivity contribution in [2.24, 2.45) is 0 Å². The minimum absolute atomic E-state index is 0.0656. The summed E-state index contributed by atoms with van der Waals surface area (Å²) in [7, 11) is 0. The van der Waals surface area contributed by atoms with Gasteiger partial charge in [-0.2, -0.15) is 0 Å². The van der Waals surface area contributed by atoms with E-state index < -0.39 is 0 Å². The van der Waals surface area contributed by atoms with Gasteiger partial charge < -0.3 is 10.1 Å². The zero-order valence-corrected chi connectivity index (χ0v) is 14.8. The second-order valence-electron chi connectivity index (χ2n) is 6.44. The zero-order chi connectivity index (χ0) is 17.5. The molecule has 1 fully saturated rings. The van der Waals surface area contributed by atoms with Gasteiger partial charge in [-0.15, -0.1) is 0 Å². The van der Waals surface area contributed by atoms with Crippen LogP contribution in [0.3, 0.4) is 0 Å². The van der Waals surface area contributed by atoms with Gasteiger partial charge in [-0.1, -0.05) is 24.3 Å². The monoisotopic (exact) mass is 338 g/mol. The van der Waals surface area contributed by atoms with Crippen molar-refractivity contribution in [2.75, 3.05) is 19.7 Å². The molecule has 1 heterocycles. The van der Waals surface area contributed by atoms with Crippen LogP contribution in [0.5, 0.6) is 5.75 Å². The van der Waals surface area contributed by atoms with Crippen LogP contribution >= 0.6 is 0 Å². The zero-order valence-electron chi connectivity index (χ0n) is 14.8. The minimum atomic E-state index is -0.0656. The van der Waals surface area contributed by atoms with Crippen LogP contribution in [0.1, 0.15) is 41.3 Å². The van der Waals surface area contributed by atoms with E-state index in [1.807, 2.05) is 19.1 Å². The van der Waals surface area contributed by atoms with E-state index in [9.17, 15) is 4.79 Å². The molecule has 4 nitrogen and oxygen atoms in total. The Morgan fingerprint density at radius 2 is 1.64 bits per heavy atom. The van der Waals surface area contributed by atoms with Crippen LogP contribution in [0.2, 0.25) is 0 Å². The van der Waals surface area contributed by atoms with Crippen molar-refractivity contribution < 1.29 is 9.53 Å². The third-order valence-corrected chi connectivity index (χ3v) is 4.51. The normalized spacial score (nSPS) is 14.4. The molecule has 0 aliphatic carbocycles. The van der Waals surface area contributed by atoms with Crippen molar-refractivity contribution >= 4 is 5.91 Å². The van der Waals surface area contributed by atoms with E-state index in [2.05, 4.69) is 34.5 Å². The predicted octanol–water partition coefficient (Wildman–Crippen LogP) is 3.61. The van der Waals surface area contributed by atoms with Crippen LogP contribution in [-0.4, -0.2) is 30.5 Å². The Balaban J connectivity index is 1.49. The lowest BCUT2D eigenvalue weighted by Gasteiger charge is -2.14. The number of hydrogen-bond acceptors (Lipinski definition) is 3. The molecule has 0 unspecified atom stereocenters.